The first-order valence-corrected chi connectivity index (χ1v) is 7.20. The molecular formula is C16H23N3O. The summed E-state index contributed by atoms with van der Waals surface area (Å²) >= 11 is 0. The van der Waals surface area contributed by atoms with Gasteiger partial charge in [0.15, 0.2) is 0 Å². The van der Waals surface area contributed by atoms with Gasteiger partial charge in [-0.05, 0) is 38.1 Å². The Morgan fingerprint density at radius 3 is 2.80 bits per heavy atom. The molecule has 1 N–H and O–H groups in total. The smallest absolute Gasteiger partial charge is 0.119 e. The SMILES string of the molecule is CCCOc1cccc(C(NC)c2cnn(CC)c2)c1. The molecule has 20 heavy (non-hydrogen) atoms. The van der Waals surface area contributed by atoms with Gasteiger partial charge in [0.25, 0.3) is 0 Å². The van der Waals surface area contributed by atoms with Crippen LogP contribution in [-0.4, -0.2) is 23.4 Å². The van der Waals surface area contributed by atoms with Crippen LogP contribution in [0.1, 0.15) is 37.4 Å². The zero-order valence-corrected chi connectivity index (χ0v) is 12.5. The van der Waals surface area contributed by atoms with Crippen molar-refractivity contribution in [2.75, 3.05) is 13.7 Å². The molecule has 1 aromatic heterocycles. The molecule has 2 rings (SSSR count). The van der Waals surface area contributed by atoms with Crippen LogP contribution in [0.5, 0.6) is 5.75 Å². The summed E-state index contributed by atoms with van der Waals surface area (Å²) in [6, 6.07) is 8.39. The Bertz CT molecular complexity index is 536. The van der Waals surface area contributed by atoms with Crippen LogP contribution in [0.2, 0.25) is 0 Å². The summed E-state index contributed by atoms with van der Waals surface area (Å²) in [5.74, 6) is 0.924. The van der Waals surface area contributed by atoms with Crippen molar-refractivity contribution < 1.29 is 4.74 Å². The zero-order valence-electron chi connectivity index (χ0n) is 12.5. The van der Waals surface area contributed by atoms with Crippen molar-refractivity contribution >= 4 is 0 Å². The maximum Gasteiger partial charge on any atom is 0.119 e. The van der Waals surface area contributed by atoms with Crippen LogP contribution in [0.15, 0.2) is 36.7 Å². The zero-order chi connectivity index (χ0) is 14.4. The highest BCUT2D eigenvalue weighted by atomic mass is 16.5. The van der Waals surface area contributed by atoms with E-state index in [1.54, 1.807) is 0 Å². The first kappa shape index (κ1) is 14.6. The maximum absolute atomic E-state index is 5.70. The summed E-state index contributed by atoms with van der Waals surface area (Å²) in [6.07, 6.45) is 5.02. The largest absolute Gasteiger partial charge is 0.494 e. The minimum absolute atomic E-state index is 0.139. The van der Waals surface area contributed by atoms with Crippen LogP contribution in [0, 0.1) is 0 Å². The summed E-state index contributed by atoms with van der Waals surface area (Å²) in [5.41, 5.74) is 2.36. The Morgan fingerprint density at radius 2 is 2.15 bits per heavy atom. The molecule has 4 nitrogen and oxygen atoms in total. The number of ether oxygens (including phenoxy) is 1. The van der Waals surface area contributed by atoms with Gasteiger partial charge >= 0.3 is 0 Å². The first-order chi connectivity index (χ1) is 9.78. The van der Waals surface area contributed by atoms with E-state index in [1.165, 1.54) is 11.1 Å². The predicted octanol–water partition coefficient (Wildman–Crippen LogP) is 3.00. The fraction of sp³-hybridized carbons (Fsp3) is 0.438. The summed E-state index contributed by atoms with van der Waals surface area (Å²) in [6.45, 7) is 5.83. The third-order valence-corrected chi connectivity index (χ3v) is 3.26. The van der Waals surface area contributed by atoms with Crippen molar-refractivity contribution in [3.63, 3.8) is 0 Å². The molecule has 1 aromatic carbocycles. The number of hydrogen-bond donors (Lipinski definition) is 1. The number of nitrogens with one attached hydrogen (secondary N) is 1. The van der Waals surface area contributed by atoms with E-state index in [4.69, 9.17) is 4.74 Å². The van der Waals surface area contributed by atoms with Crippen LogP contribution >= 0.6 is 0 Å². The normalized spacial score (nSPS) is 12.3. The number of rotatable bonds is 7. The third kappa shape index (κ3) is 3.39. The molecular weight excluding hydrogens is 250 g/mol. The van der Waals surface area contributed by atoms with Crippen molar-refractivity contribution in [2.24, 2.45) is 0 Å². The highest BCUT2D eigenvalue weighted by molar-refractivity contribution is 5.35. The molecule has 1 atom stereocenters. The topological polar surface area (TPSA) is 39.1 Å². The lowest BCUT2D eigenvalue weighted by Crippen LogP contribution is -2.17. The standard InChI is InChI=1S/C16H23N3O/c1-4-9-20-15-8-6-7-13(10-15)16(17-3)14-11-18-19(5-2)12-14/h6-8,10-12,16-17H,4-5,9H2,1-3H3. The summed E-state index contributed by atoms with van der Waals surface area (Å²) in [7, 11) is 1.97. The van der Waals surface area contributed by atoms with Gasteiger partial charge in [-0.1, -0.05) is 19.1 Å². The molecule has 108 valence electrons. The van der Waals surface area contributed by atoms with Crippen LogP contribution in [0.3, 0.4) is 0 Å². The molecule has 0 saturated heterocycles. The minimum atomic E-state index is 0.139. The van der Waals surface area contributed by atoms with E-state index in [2.05, 4.69) is 42.6 Å². The van der Waals surface area contributed by atoms with E-state index < -0.39 is 0 Å². The Kier molecular flexibility index (Phi) is 5.18. The van der Waals surface area contributed by atoms with Gasteiger partial charge in [0.05, 0.1) is 18.8 Å². The van der Waals surface area contributed by atoms with Gasteiger partial charge in [0.2, 0.25) is 0 Å². The fourth-order valence-corrected chi connectivity index (χ4v) is 2.23. The summed E-state index contributed by atoms with van der Waals surface area (Å²) < 4.78 is 7.65. The van der Waals surface area contributed by atoms with Gasteiger partial charge in [0, 0.05) is 18.3 Å². The van der Waals surface area contributed by atoms with Gasteiger partial charge in [-0.2, -0.15) is 5.10 Å². The molecule has 0 bridgehead atoms. The molecule has 0 aliphatic carbocycles. The number of benzene rings is 1. The third-order valence-electron chi connectivity index (χ3n) is 3.26. The Labute approximate surface area is 120 Å². The summed E-state index contributed by atoms with van der Waals surface area (Å²) in [5, 5.41) is 7.69. The molecule has 0 aliphatic heterocycles. The Hall–Kier alpha value is -1.81. The summed E-state index contributed by atoms with van der Waals surface area (Å²) in [4.78, 5) is 0. The quantitative estimate of drug-likeness (QED) is 0.843. The fourth-order valence-electron chi connectivity index (χ4n) is 2.23. The van der Waals surface area contributed by atoms with Crippen molar-refractivity contribution in [1.82, 2.24) is 15.1 Å². The number of aryl methyl sites for hydroxylation is 1. The number of nitrogens with zero attached hydrogens (tertiary/aromatic N) is 2. The van der Waals surface area contributed by atoms with Gasteiger partial charge in [-0.15, -0.1) is 0 Å². The highest BCUT2D eigenvalue weighted by Gasteiger charge is 2.14. The first-order valence-electron chi connectivity index (χ1n) is 7.20. The van der Waals surface area contributed by atoms with E-state index in [-0.39, 0.29) is 6.04 Å². The molecule has 1 unspecified atom stereocenters. The molecule has 1 heterocycles. The maximum atomic E-state index is 5.70. The van der Waals surface area contributed by atoms with E-state index in [9.17, 15) is 0 Å². The second kappa shape index (κ2) is 7.10. The lowest BCUT2D eigenvalue weighted by molar-refractivity contribution is 0.317. The number of aromatic nitrogens is 2. The van der Waals surface area contributed by atoms with Crippen LogP contribution in [0.4, 0.5) is 0 Å². The van der Waals surface area contributed by atoms with Crippen molar-refractivity contribution in [3.05, 3.63) is 47.8 Å². The van der Waals surface area contributed by atoms with Crippen LogP contribution < -0.4 is 10.1 Å². The second-order valence-corrected chi connectivity index (χ2v) is 4.77. The van der Waals surface area contributed by atoms with E-state index in [0.29, 0.717) is 0 Å². The average Bonchev–Trinajstić information content (AvgIpc) is 2.95. The number of hydrogen-bond acceptors (Lipinski definition) is 3. The molecule has 0 fully saturated rings. The van der Waals surface area contributed by atoms with E-state index in [0.717, 1.165) is 25.3 Å². The second-order valence-electron chi connectivity index (χ2n) is 4.77. The molecule has 0 amide bonds. The molecule has 0 spiro atoms. The van der Waals surface area contributed by atoms with Crippen molar-refractivity contribution in [3.8, 4) is 5.75 Å². The lowest BCUT2D eigenvalue weighted by Gasteiger charge is -2.16. The Balaban J connectivity index is 2.22. The molecule has 2 aromatic rings. The molecule has 0 aliphatic rings. The molecule has 4 heteroatoms. The predicted molar refractivity (Wildman–Crippen MR) is 81.0 cm³/mol. The van der Waals surface area contributed by atoms with Gasteiger partial charge in [-0.25, -0.2) is 0 Å². The minimum Gasteiger partial charge on any atom is -0.494 e. The monoisotopic (exact) mass is 273 g/mol. The lowest BCUT2D eigenvalue weighted by atomic mass is 10.0. The van der Waals surface area contributed by atoms with Crippen molar-refractivity contribution in [2.45, 2.75) is 32.9 Å². The van der Waals surface area contributed by atoms with E-state index in [1.807, 2.05) is 30.1 Å². The Morgan fingerprint density at radius 1 is 1.30 bits per heavy atom. The van der Waals surface area contributed by atoms with Gasteiger partial charge < -0.3 is 10.1 Å². The average molecular weight is 273 g/mol. The van der Waals surface area contributed by atoms with Crippen LogP contribution in [0.25, 0.3) is 0 Å². The van der Waals surface area contributed by atoms with Crippen LogP contribution in [-0.2, 0) is 6.54 Å². The van der Waals surface area contributed by atoms with Crippen molar-refractivity contribution in [1.29, 1.82) is 0 Å². The molecule has 0 saturated carbocycles. The van der Waals surface area contributed by atoms with Gasteiger partial charge in [0.1, 0.15) is 5.75 Å². The highest BCUT2D eigenvalue weighted by Crippen LogP contribution is 2.24. The van der Waals surface area contributed by atoms with E-state index >= 15 is 0 Å². The molecule has 0 radical (unpaired) electrons. The van der Waals surface area contributed by atoms with Gasteiger partial charge in [-0.3, -0.25) is 4.68 Å².